The molecule has 7 aromatic rings. The summed E-state index contributed by atoms with van der Waals surface area (Å²) in [5.41, 5.74) is 17.8. The Labute approximate surface area is 294 Å². The number of rotatable bonds is 5. The molecule has 0 N–H and O–H groups in total. The molecule has 0 fully saturated rings. The van der Waals surface area contributed by atoms with E-state index in [0.717, 1.165) is 6.42 Å². The van der Waals surface area contributed by atoms with Crippen molar-refractivity contribution in [1.82, 2.24) is 0 Å². The molecule has 1 spiro atoms. The van der Waals surface area contributed by atoms with Crippen LogP contribution in [-0.4, -0.2) is 6.04 Å². The largest absolute Gasteiger partial charge is 0.334 e. The molecule has 236 valence electrons. The fraction of sp³-hybridized carbons (Fsp3) is 0.0612. The molecule has 10 rings (SSSR count). The molecular formula is C49H35N. The predicted molar refractivity (Wildman–Crippen MR) is 209 cm³/mol. The lowest BCUT2D eigenvalue weighted by Gasteiger charge is -2.35. The maximum absolute atomic E-state index is 2.55. The molecule has 7 aromatic carbocycles. The summed E-state index contributed by atoms with van der Waals surface area (Å²) in [4.78, 5) is 2.55. The molecule has 0 aromatic heterocycles. The molecule has 50 heavy (non-hydrogen) atoms. The zero-order valence-electron chi connectivity index (χ0n) is 27.7. The zero-order chi connectivity index (χ0) is 33.1. The van der Waals surface area contributed by atoms with Gasteiger partial charge in [-0.2, -0.15) is 0 Å². The van der Waals surface area contributed by atoms with Crippen molar-refractivity contribution in [3.63, 3.8) is 0 Å². The summed E-state index contributed by atoms with van der Waals surface area (Å²) in [5.74, 6) is 0. The average Bonchev–Trinajstić information content (AvgIpc) is 3.66. The first-order chi connectivity index (χ1) is 24.8. The van der Waals surface area contributed by atoms with E-state index in [1.807, 2.05) is 0 Å². The Morgan fingerprint density at radius 1 is 0.420 bits per heavy atom. The third-order valence-corrected chi connectivity index (χ3v) is 11.0. The molecule has 1 atom stereocenters. The lowest BCUT2D eigenvalue weighted by atomic mass is 9.70. The summed E-state index contributed by atoms with van der Waals surface area (Å²) in [6.07, 6.45) is 8.02. The molecule has 3 aliphatic carbocycles. The van der Waals surface area contributed by atoms with Crippen molar-refractivity contribution in [3.8, 4) is 33.4 Å². The van der Waals surface area contributed by atoms with E-state index in [-0.39, 0.29) is 11.5 Å². The van der Waals surface area contributed by atoms with E-state index >= 15 is 0 Å². The van der Waals surface area contributed by atoms with Gasteiger partial charge in [0.2, 0.25) is 0 Å². The van der Waals surface area contributed by atoms with E-state index in [4.69, 9.17) is 0 Å². The number of anilines is 2. The van der Waals surface area contributed by atoms with Crippen molar-refractivity contribution < 1.29 is 0 Å². The molecule has 1 heteroatoms. The molecule has 0 aliphatic heterocycles. The number of fused-ring (bicyclic) bond motifs is 10. The molecule has 0 amide bonds. The van der Waals surface area contributed by atoms with Gasteiger partial charge in [-0.1, -0.05) is 170 Å². The maximum atomic E-state index is 2.55. The molecule has 0 heterocycles. The van der Waals surface area contributed by atoms with Gasteiger partial charge in [-0.3, -0.25) is 0 Å². The number of nitrogens with zero attached hydrogens (tertiary/aromatic N) is 1. The van der Waals surface area contributed by atoms with Crippen LogP contribution in [0.15, 0.2) is 194 Å². The van der Waals surface area contributed by atoms with Crippen LogP contribution in [0.5, 0.6) is 0 Å². The highest BCUT2D eigenvalue weighted by molar-refractivity contribution is 5.96. The number of allylic oxidation sites excluding steroid dienone is 2. The lowest BCUT2D eigenvalue weighted by molar-refractivity contribution is 0.775. The van der Waals surface area contributed by atoms with Crippen molar-refractivity contribution in [1.29, 1.82) is 0 Å². The van der Waals surface area contributed by atoms with Crippen molar-refractivity contribution >= 4 is 16.9 Å². The third kappa shape index (κ3) is 4.27. The molecule has 1 nitrogen and oxygen atoms in total. The van der Waals surface area contributed by atoms with Crippen molar-refractivity contribution in [3.05, 3.63) is 222 Å². The van der Waals surface area contributed by atoms with Gasteiger partial charge in [0.15, 0.2) is 0 Å². The summed E-state index contributed by atoms with van der Waals surface area (Å²) in [5, 5.41) is 0. The summed E-state index contributed by atoms with van der Waals surface area (Å²) in [6, 6.07) is 65.0. The van der Waals surface area contributed by atoms with Gasteiger partial charge in [0.25, 0.3) is 0 Å². The minimum Gasteiger partial charge on any atom is -0.334 e. The van der Waals surface area contributed by atoms with Gasteiger partial charge in [-0.05, 0) is 97.5 Å². The quantitative estimate of drug-likeness (QED) is 0.181. The highest BCUT2D eigenvalue weighted by Crippen LogP contribution is 2.63. The second kappa shape index (κ2) is 11.5. The van der Waals surface area contributed by atoms with Crippen LogP contribution in [0.25, 0.3) is 39.0 Å². The third-order valence-electron chi connectivity index (χ3n) is 11.0. The van der Waals surface area contributed by atoms with Gasteiger partial charge in [-0.25, -0.2) is 0 Å². The van der Waals surface area contributed by atoms with Crippen molar-refractivity contribution in [2.45, 2.75) is 17.9 Å². The summed E-state index contributed by atoms with van der Waals surface area (Å²) >= 11 is 0. The van der Waals surface area contributed by atoms with Crippen LogP contribution in [0.3, 0.4) is 0 Å². The highest BCUT2D eigenvalue weighted by atomic mass is 15.2. The minimum atomic E-state index is -0.374. The fourth-order valence-electron chi connectivity index (χ4n) is 8.86. The highest BCUT2D eigenvalue weighted by Gasteiger charge is 2.51. The second-order valence-electron chi connectivity index (χ2n) is 13.6. The maximum Gasteiger partial charge on any atom is 0.0726 e. The topological polar surface area (TPSA) is 3.24 Å². The zero-order valence-corrected chi connectivity index (χ0v) is 27.7. The molecule has 0 saturated heterocycles. The van der Waals surface area contributed by atoms with E-state index in [2.05, 4.69) is 199 Å². The van der Waals surface area contributed by atoms with Gasteiger partial charge in [-0.15, -0.1) is 0 Å². The minimum absolute atomic E-state index is 0.158. The smallest absolute Gasteiger partial charge is 0.0726 e. The van der Waals surface area contributed by atoms with Crippen LogP contribution < -0.4 is 4.90 Å². The van der Waals surface area contributed by atoms with E-state index in [1.165, 1.54) is 78.1 Å². The summed E-state index contributed by atoms with van der Waals surface area (Å²) in [6.45, 7) is 0. The van der Waals surface area contributed by atoms with Crippen LogP contribution in [0.1, 0.15) is 34.2 Å². The van der Waals surface area contributed by atoms with Crippen molar-refractivity contribution in [2.24, 2.45) is 0 Å². The summed E-state index contributed by atoms with van der Waals surface area (Å²) in [7, 11) is 0. The van der Waals surface area contributed by atoms with Gasteiger partial charge >= 0.3 is 0 Å². The van der Waals surface area contributed by atoms with E-state index in [9.17, 15) is 0 Å². The van der Waals surface area contributed by atoms with Crippen LogP contribution in [0, 0.1) is 0 Å². The molecule has 0 bridgehead atoms. The first-order valence-corrected chi connectivity index (χ1v) is 17.6. The molecular weight excluding hydrogens is 603 g/mol. The fourth-order valence-corrected chi connectivity index (χ4v) is 8.86. The van der Waals surface area contributed by atoms with Crippen LogP contribution in [0.4, 0.5) is 11.4 Å². The Hall–Kier alpha value is -6.18. The summed E-state index contributed by atoms with van der Waals surface area (Å²) < 4.78 is 0. The Morgan fingerprint density at radius 2 is 0.900 bits per heavy atom. The molecule has 0 radical (unpaired) electrons. The first-order valence-electron chi connectivity index (χ1n) is 17.6. The Bertz CT molecular complexity index is 2390. The molecule has 1 unspecified atom stereocenters. The molecule has 0 saturated carbocycles. The standard InChI is InChI=1S/C49H35N/c1-3-13-34(14-4-1)36-23-27-38(28-24-36)50(39-29-25-37(26-30-39)35-15-5-2-6-16-35)40-31-32-44-43-19-9-12-22-47(43)49(48(44)33-40)45-20-10-7-17-41(45)42-18-8-11-21-46(42)49/h1-29,31-33,39H,30H2. The Balaban J connectivity index is 1.15. The number of benzene rings is 7. The number of hydrogen-bond acceptors (Lipinski definition) is 1. The van der Waals surface area contributed by atoms with Crippen LogP contribution in [0.2, 0.25) is 0 Å². The SMILES string of the molecule is C1=CC(N(c2ccc(-c3ccccc3)cc2)c2ccc3c(c2)C2(c4ccccc4-c4ccccc42)c2ccccc2-3)CC=C1c1ccccc1. The van der Waals surface area contributed by atoms with E-state index < -0.39 is 0 Å². The van der Waals surface area contributed by atoms with Crippen LogP contribution in [-0.2, 0) is 5.41 Å². The first kappa shape index (κ1) is 28.8. The number of hydrogen-bond donors (Lipinski definition) is 0. The second-order valence-corrected chi connectivity index (χ2v) is 13.6. The molecule has 3 aliphatic rings. The van der Waals surface area contributed by atoms with Crippen LogP contribution >= 0.6 is 0 Å². The van der Waals surface area contributed by atoms with Gasteiger partial charge in [0.1, 0.15) is 0 Å². The predicted octanol–water partition coefficient (Wildman–Crippen LogP) is 12.2. The van der Waals surface area contributed by atoms with Gasteiger partial charge in [0.05, 0.1) is 11.5 Å². The monoisotopic (exact) mass is 637 g/mol. The van der Waals surface area contributed by atoms with Gasteiger partial charge < -0.3 is 4.90 Å². The van der Waals surface area contributed by atoms with Gasteiger partial charge in [0, 0.05) is 11.4 Å². The lowest BCUT2D eigenvalue weighted by Crippen LogP contribution is -2.31. The normalized spacial score (nSPS) is 15.9. The van der Waals surface area contributed by atoms with E-state index in [0.29, 0.717) is 0 Å². The average molecular weight is 638 g/mol. The Morgan fingerprint density at radius 3 is 1.46 bits per heavy atom. The van der Waals surface area contributed by atoms with Crippen molar-refractivity contribution in [2.75, 3.05) is 4.90 Å². The Kier molecular flexibility index (Phi) is 6.60. The van der Waals surface area contributed by atoms with E-state index in [1.54, 1.807) is 0 Å².